The van der Waals surface area contributed by atoms with Gasteiger partial charge in [-0.2, -0.15) is 5.26 Å². The number of rotatable bonds is 6. The van der Waals surface area contributed by atoms with Gasteiger partial charge in [0.25, 0.3) is 0 Å². The van der Waals surface area contributed by atoms with Crippen LogP contribution in [0.1, 0.15) is 12.5 Å². The van der Waals surface area contributed by atoms with Crippen molar-refractivity contribution in [3.8, 4) is 6.07 Å². The third kappa shape index (κ3) is 4.57. The highest BCUT2D eigenvalue weighted by Crippen LogP contribution is 2.31. The lowest BCUT2D eigenvalue weighted by atomic mass is 10.3. The lowest BCUT2D eigenvalue weighted by Gasteiger charge is -2.08. The Morgan fingerprint density at radius 3 is 2.84 bits per heavy atom. The zero-order valence-electron chi connectivity index (χ0n) is 13.1. The third-order valence-electron chi connectivity index (χ3n) is 3.10. The predicted octanol–water partition coefficient (Wildman–Crippen LogP) is 4.33. The van der Waals surface area contributed by atoms with Gasteiger partial charge in [0.05, 0.1) is 10.8 Å². The second kappa shape index (κ2) is 8.11. The number of carbonyl (C=O) groups excluding carboxylic acids is 1. The highest BCUT2D eigenvalue weighted by Gasteiger charge is 2.19. The van der Waals surface area contributed by atoms with Gasteiger partial charge in [0.1, 0.15) is 11.1 Å². The Bertz CT molecular complexity index is 900. The summed E-state index contributed by atoms with van der Waals surface area (Å²) in [5.41, 5.74) is 1.41. The van der Waals surface area contributed by atoms with Crippen molar-refractivity contribution in [2.24, 2.45) is 0 Å². The Morgan fingerprint density at radius 2 is 2.08 bits per heavy atom. The van der Waals surface area contributed by atoms with Crippen LogP contribution < -0.4 is 10.6 Å². The van der Waals surface area contributed by atoms with Gasteiger partial charge in [-0.1, -0.05) is 41.3 Å². The van der Waals surface area contributed by atoms with Crippen molar-refractivity contribution in [3.05, 3.63) is 47.3 Å². The zero-order chi connectivity index (χ0) is 17.6. The Balaban J connectivity index is 1.58. The maximum absolute atomic E-state index is 12.3. The van der Waals surface area contributed by atoms with Gasteiger partial charge in [0.2, 0.25) is 11.0 Å². The molecule has 0 aliphatic heterocycles. The lowest BCUT2D eigenvalue weighted by molar-refractivity contribution is -0.115. The van der Waals surface area contributed by atoms with Crippen molar-refractivity contribution < 1.29 is 4.79 Å². The van der Waals surface area contributed by atoms with Crippen molar-refractivity contribution in [3.63, 3.8) is 0 Å². The van der Waals surface area contributed by atoms with Gasteiger partial charge in [-0.3, -0.25) is 4.79 Å². The molecule has 2 N–H and O–H groups in total. The van der Waals surface area contributed by atoms with Crippen LogP contribution in [0.2, 0.25) is 0 Å². The zero-order valence-corrected chi connectivity index (χ0v) is 15.5. The Hall–Kier alpha value is -2.41. The minimum Gasteiger partial charge on any atom is -0.330 e. The summed E-state index contributed by atoms with van der Waals surface area (Å²) in [6.45, 7) is 1.80. The van der Waals surface area contributed by atoms with Gasteiger partial charge >= 0.3 is 0 Å². The first kappa shape index (κ1) is 17.4. The number of benzene rings is 1. The van der Waals surface area contributed by atoms with E-state index in [4.69, 9.17) is 5.26 Å². The van der Waals surface area contributed by atoms with Crippen molar-refractivity contribution in [2.45, 2.75) is 16.5 Å². The van der Waals surface area contributed by atoms with Crippen molar-refractivity contribution >= 4 is 56.2 Å². The number of hydrogen-bond acceptors (Lipinski definition) is 8. The SMILES string of the molecule is C[C@@H](Sc1nnc(Nc2ccccc2)s1)C(=O)Nc1sccc1C#N. The minimum atomic E-state index is -0.355. The van der Waals surface area contributed by atoms with Crippen LogP contribution in [-0.4, -0.2) is 21.4 Å². The average Bonchev–Trinajstić information content (AvgIpc) is 3.25. The molecule has 6 nitrogen and oxygen atoms in total. The van der Waals surface area contributed by atoms with Crippen LogP contribution in [0.25, 0.3) is 0 Å². The van der Waals surface area contributed by atoms with Gasteiger partial charge in [-0.05, 0) is 30.5 Å². The molecule has 0 aliphatic carbocycles. The number of nitrogens with one attached hydrogen (secondary N) is 2. The molecule has 3 aromatic rings. The molecule has 0 aliphatic rings. The third-order valence-corrected chi connectivity index (χ3v) is 5.95. The number of nitrogens with zero attached hydrogens (tertiary/aromatic N) is 3. The number of anilines is 3. The van der Waals surface area contributed by atoms with Crippen molar-refractivity contribution in [1.29, 1.82) is 5.26 Å². The molecular formula is C16H13N5OS3. The van der Waals surface area contributed by atoms with E-state index in [0.29, 0.717) is 20.0 Å². The number of amides is 1. The van der Waals surface area contributed by atoms with E-state index in [1.54, 1.807) is 18.4 Å². The van der Waals surface area contributed by atoms with Crippen LogP contribution in [0.15, 0.2) is 46.1 Å². The summed E-state index contributed by atoms with van der Waals surface area (Å²) in [6.07, 6.45) is 0. The van der Waals surface area contributed by atoms with Crippen LogP contribution in [0.4, 0.5) is 15.8 Å². The molecule has 1 aromatic carbocycles. The normalized spacial score (nSPS) is 11.5. The first-order valence-electron chi connectivity index (χ1n) is 7.26. The quantitative estimate of drug-likeness (QED) is 0.612. The Morgan fingerprint density at radius 1 is 1.28 bits per heavy atom. The Labute approximate surface area is 156 Å². The van der Waals surface area contributed by atoms with Crippen LogP contribution in [0.3, 0.4) is 0 Å². The first-order valence-corrected chi connectivity index (χ1v) is 9.84. The summed E-state index contributed by atoms with van der Waals surface area (Å²) in [7, 11) is 0. The van der Waals surface area contributed by atoms with Gasteiger partial charge in [-0.25, -0.2) is 0 Å². The molecule has 0 saturated heterocycles. The first-order chi connectivity index (χ1) is 12.2. The summed E-state index contributed by atoms with van der Waals surface area (Å²) in [5.74, 6) is -0.170. The molecule has 0 fully saturated rings. The predicted molar refractivity (Wildman–Crippen MR) is 103 cm³/mol. The van der Waals surface area contributed by atoms with Gasteiger partial charge in [-0.15, -0.1) is 21.5 Å². The minimum absolute atomic E-state index is 0.170. The number of hydrogen-bond donors (Lipinski definition) is 2. The van der Waals surface area contributed by atoms with Gasteiger partial charge in [0.15, 0.2) is 4.34 Å². The molecule has 25 heavy (non-hydrogen) atoms. The number of thioether (sulfide) groups is 1. The number of aromatic nitrogens is 2. The second-order valence-corrected chi connectivity index (χ2v) is 8.37. The topological polar surface area (TPSA) is 90.7 Å². The summed E-state index contributed by atoms with van der Waals surface area (Å²) in [5, 5.41) is 25.8. The molecule has 126 valence electrons. The second-order valence-electron chi connectivity index (χ2n) is 4.89. The fourth-order valence-corrected chi connectivity index (χ4v) is 4.52. The van der Waals surface area contributed by atoms with Crippen LogP contribution in [0, 0.1) is 11.3 Å². The van der Waals surface area contributed by atoms with E-state index >= 15 is 0 Å². The molecule has 1 atom stereocenters. The van der Waals surface area contributed by atoms with Crippen LogP contribution >= 0.6 is 34.4 Å². The number of para-hydroxylation sites is 1. The van der Waals surface area contributed by atoms with E-state index in [-0.39, 0.29) is 11.2 Å². The standard InChI is InChI=1S/C16H13N5OS3/c1-10(13(22)19-14-11(9-17)7-8-23-14)24-16-21-20-15(25-16)18-12-5-3-2-4-6-12/h2-8,10H,1H3,(H,18,20)(H,19,22)/t10-/m1/s1. The summed E-state index contributed by atoms with van der Waals surface area (Å²) in [6, 6.07) is 13.4. The molecule has 0 unspecified atom stereocenters. The highest BCUT2D eigenvalue weighted by molar-refractivity contribution is 8.02. The molecule has 2 aromatic heterocycles. The average molecular weight is 388 g/mol. The van der Waals surface area contributed by atoms with E-state index in [0.717, 1.165) is 5.69 Å². The summed E-state index contributed by atoms with van der Waals surface area (Å²) < 4.78 is 0.702. The summed E-state index contributed by atoms with van der Waals surface area (Å²) >= 11 is 4.05. The van der Waals surface area contributed by atoms with Crippen molar-refractivity contribution in [1.82, 2.24) is 10.2 Å². The summed E-state index contributed by atoms with van der Waals surface area (Å²) in [4.78, 5) is 12.3. The highest BCUT2D eigenvalue weighted by atomic mass is 32.2. The fourth-order valence-electron chi connectivity index (χ4n) is 1.87. The molecule has 2 heterocycles. The molecular weight excluding hydrogens is 374 g/mol. The fraction of sp³-hybridized carbons (Fsp3) is 0.125. The monoisotopic (exact) mass is 387 g/mol. The van der Waals surface area contributed by atoms with E-state index in [1.807, 2.05) is 30.3 Å². The van der Waals surface area contributed by atoms with Crippen LogP contribution in [0.5, 0.6) is 0 Å². The largest absolute Gasteiger partial charge is 0.330 e. The van der Waals surface area contributed by atoms with E-state index in [2.05, 4.69) is 26.9 Å². The maximum Gasteiger partial charge on any atom is 0.238 e. The Kier molecular flexibility index (Phi) is 5.65. The molecule has 0 radical (unpaired) electrons. The van der Waals surface area contributed by atoms with Gasteiger partial charge < -0.3 is 10.6 Å². The number of nitriles is 1. The number of thiophene rings is 1. The molecule has 1 amide bonds. The van der Waals surface area contributed by atoms with Crippen molar-refractivity contribution in [2.75, 3.05) is 10.6 Å². The molecule has 0 bridgehead atoms. The molecule has 9 heteroatoms. The van der Waals surface area contributed by atoms with Gasteiger partial charge in [0, 0.05) is 5.69 Å². The van der Waals surface area contributed by atoms with E-state index < -0.39 is 0 Å². The molecule has 3 rings (SSSR count). The maximum atomic E-state index is 12.3. The van der Waals surface area contributed by atoms with E-state index in [9.17, 15) is 4.79 Å². The number of carbonyl (C=O) groups is 1. The molecule has 0 spiro atoms. The smallest absolute Gasteiger partial charge is 0.238 e. The lowest BCUT2D eigenvalue weighted by Crippen LogP contribution is -2.22. The van der Waals surface area contributed by atoms with Crippen LogP contribution in [-0.2, 0) is 4.79 Å². The van der Waals surface area contributed by atoms with E-state index in [1.165, 1.54) is 34.4 Å². The molecule has 0 saturated carbocycles.